The molecule has 0 spiro atoms. The fourth-order valence-electron chi connectivity index (χ4n) is 2.14. The number of nitrogens with one attached hydrogen (secondary N) is 1. The van der Waals surface area contributed by atoms with Gasteiger partial charge in [0.05, 0.1) is 5.69 Å². The number of nitrogen functional groups attached to an aromatic ring is 1. The lowest BCUT2D eigenvalue weighted by atomic mass is 10.0. The van der Waals surface area contributed by atoms with Crippen LogP contribution in [-0.4, -0.2) is 34.2 Å². The van der Waals surface area contributed by atoms with Crippen LogP contribution in [0.4, 0.5) is 5.69 Å². The van der Waals surface area contributed by atoms with Gasteiger partial charge in [-0.1, -0.05) is 0 Å². The number of aromatic nitrogens is 2. The van der Waals surface area contributed by atoms with Crippen LogP contribution in [0.25, 0.3) is 0 Å². The van der Waals surface area contributed by atoms with Crippen molar-refractivity contribution in [1.82, 2.24) is 15.1 Å². The first-order valence-electron chi connectivity index (χ1n) is 5.67. The molecule has 1 unspecified atom stereocenters. The quantitative estimate of drug-likeness (QED) is 0.766. The maximum Gasteiger partial charge on any atom is 0.287 e. The lowest BCUT2D eigenvalue weighted by Gasteiger charge is -2.19. The number of nitrogens with zero attached hydrogens (tertiary/aromatic N) is 2. The highest BCUT2D eigenvalue weighted by atomic mass is 16.1. The molecule has 3 N–H and O–H groups in total. The molecule has 0 radical (unpaired) electrons. The molecule has 2 rings (SSSR count). The molecule has 5 heteroatoms. The van der Waals surface area contributed by atoms with Gasteiger partial charge in [-0.2, -0.15) is 5.10 Å². The summed E-state index contributed by atoms with van der Waals surface area (Å²) in [7, 11) is 0. The third-order valence-electron chi connectivity index (χ3n) is 3.22. The summed E-state index contributed by atoms with van der Waals surface area (Å²) in [6.45, 7) is 6.47. The van der Waals surface area contributed by atoms with Gasteiger partial charge >= 0.3 is 0 Å². The smallest absolute Gasteiger partial charge is 0.287 e. The first-order valence-corrected chi connectivity index (χ1v) is 5.67. The molecule has 1 fully saturated rings. The van der Waals surface area contributed by atoms with Crippen molar-refractivity contribution in [3.05, 3.63) is 22.1 Å². The molecule has 88 valence electrons. The molecule has 0 bridgehead atoms. The Labute approximate surface area is 94.6 Å². The second-order valence-electron chi connectivity index (χ2n) is 4.65. The van der Waals surface area contributed by atoms with Crippen molar-refractivity contribution in [2.24, 2.45) is 0 Å². The summed E-state index contributed by atoms with van der Waals surface area (Å²) in [4.78, 5) is 13.5. The Hall–Kier alpha value is -1.36. The number of H-pyrrole nitrogens is 1. The molecule has 1 atom stereocenters. The molecule has 0 aromatic carbocycles. The van der Waals surface area contributed by atoms with Crippen LogP contribution in [0.3, 0.4) is 0 Å². The summed E-state index contributed by atoms with van der Waals surface area (Å²) in [6.07, 6.45) is 1.08. The average molecular weight is 222 g/mol. The Morgan fingerprint density at radius 2 is 2.38 bits per heavy atom. The number of aromatic amines is 1. The van der Waals surface area contributed by atoms with E-state index in [1.807, 2.05) is 0 Å². The predicted molar refractivity (Wildman–Crippen MR) is 63.3 cm³/mol. The Kier molecular flexibility index (Phi) is 2.96. The molecule has 1 saturated heterocycles. The highest BCUT2D eigenvalue weighted by molar-refractivity contribution is 5.36. The van der Waals surface area contributed by atoms with E-state index in [0.29, 0.717) is 12.0 Å². The van der Waals surface area contributed by atoms with Crippen LogP contribution < -0.4 is 11.3 Å². The van der Waals surface area contributed by atoms with Gasteiger partial charge in [0.2, 0.25) is 0 Å². The molecule has 0 amide bonds. The second kappa shape index (κ2) is 4.25. The van der Waals surface area contributed by atoms with E-state index in [9.17, 15) is 4.79 Å². The summed E-state index contributed by atoms with van der Waals surface area (Å²) < 4.78 is 0. The van der Waals surface area contributed by atoms with Gasteiger partial charge in [-0.15, -0.1) is 0 Å². The van der Waals surface area contributed by atoms with Crippen LogP contribution in [0.2, 0.25) is 0 Å². The van der Waals surface area contributed by atoms with E-state index >= 15 is 0 Å². The van der Waals surface area contributed by atoms with E-state index in [4.69, 9.17) is 5.73 Å². The minimum absolute atomic E-state index is 0.257. The number of anilines is 1. The van der Waals surface area contributed by atoms with Crippen LogP contribution in [0.15, 0.2) is 10.9 Å². The largest absolute Gasteiger partial charge is 0.394 e. The van der Waals surface area contributed by atoms with E-state index < -0.39 is 0 Å². The Morgan fingerprint density at radius 3 is 2.94 bits per heavy atom. The molecule has 0 aliphatic carbocycles. The molecule has 1 aliphatic heterocycles. The van der Waals surface area contributed by atoms with E-state index in [1.54, 1.807) is 6.07 Å². The first-order chi connectivity index (χ1) is 7.58. The number of rotatable bonds is 2. The van der Waals surface area contributed by atoms with Crippen molar-refractivity contribution in [3.8, 4) is 0 Å². The van der Waals surface area contributed by atoms with Crippen molar-refractivity contribution >= 4 is 5.69 Å². The standard InChI is InChI=1S/C11H18N4O/c1-7(2)15-4-3-8(6-15)10-5-9(12)11(16)14-13-10/h5,7-8H,3-4,6H2,1-2H3,(H2,12,13)(H,14,16). The molecule has 2 heterocycles. The fraction of sp³-hybridized carbons (Fsp3) is 0.636. The fourth-order valence-corrected chi connectivity index (χ4v) is 2.14. The van der Waals surface area contributed by atoms with Crippen LogP contribution in [0, 0.1) is 0 Å². The van der Waals surface area contributed by atoms with Crippen molar-refractivity contribution in [1.29, 1.82) is 0 Å². The number of hydrogen-bond donors (Lipinski definition) is 2. The third kappa shape index (κ3) is 2.09. The monoisotopic (exact) mass is 222 g/mol. The van der Waals surface area contributed by atoms with Gasteiger partial charge in [0, 0.05) is 18.5 Å². The summed E-state index contributed by atoms with van der Waals surface area (Å²) in [5, 5.41) is 6.51. The molecule has 1 aromatic rings. The molecular formula is C11H18N4O. The zero-order valence-electron chi connectivity index (χ0n) is 9.73. The van der Waals surface area contributed by atoms with Crippen molar-refractivity contribution in [3.63, 3.8) is 0 Å². The maximum absolute atomic E-state index is 11.1. The zero-order valence-corrected chi connectivity index (χ0v) is 9.73. The predicted octanol–water partition coefficient (Wildman–Crippen LogP) is 0.550. The van der Waals surface area contributed by atoms with Gasteiger partial charge in [-0.05, 0) is 32.9 Å². The molecule has 16 heavy (non-hydrogen) atoms. The van der Waals surface area contributed by atoms with E-state index in [-0.39, 0.29) is 11.2 Å². The van der Waals surface area contributed by atoms with E-state index in [1.165, 1.54) is 0 Å². The normalized spacial score (nSPS) is 21.8. The van der Waals surface area contributed by atoms with Crippen molar-refractivity contribution in [2.45, 2.75) is 32.2 Å². The Balaban J connectivity index is 2.14. The van der Waals surface area contributed by atoms with E-state index in [0.717, 1.165) is 25.2 Å². The summed E-state index contributed by atoms with van der Waals surface area (Å²) in [5.74, 6) is 0.390. The van der Waals surface area contributed by atoms with Crippen LogP contribution in [0.1, 0.15) is 31.9 Å². The molecule has 1 aromatic heterocycles. The van der Waals surface area contributed by atoms with Crippen LogP contribution in [0.5, 0.6) is 0 Å². The summed E-state index contributed by atoms with van der Waals surface area (Å²) in [5.41, 5.74) is 6.44. The molecule has 0 saturated carbocycles. The minimum atomic E-state index is -0.303. The highest BCUT2D eigenvalue weighted by Gasteiger charge is 2.26. The van der Waals surface area contributed by atoms with Gasteiger partial charge in [0.1, 0.15) is 5.69 Å². The SMILES string of the molecule is CC(C)N1CCC(c2cc(N)c(=O)[nH]n2)C1. The Bertz CT molecular complexity index is 426. The van der Waals surface area contributed by atoms with Crippen molar-refractivity contribution < 1.29 is 0 Å². The number of hydrogen-bond acceptors (Lipinski definition) is 4. The number of nitrogens with two attached hydrogens (primary N) is 1. The van der Waals surface area contributed by atoms with Gasteiger partial charge in [-0.3, -0.25) is 4.79 Å². The third-order valence-corrected chi connectivity index (χ3v) is 3.22. The summed E-state index contributed by atoms with van der Waals surface area (Å²) in [6, 6.07) is 2.26. The molecular weight excluding hydrogens is 204 g/mol. The minimum Gasteiger partial charge on any atom is -0.394 e. The number of likely N-dealkylation sites (tertiary alicyclic amines) is 1. The van der Waals surface area contributed by atoms with E-state index in [2.05, 4.69) is 28.9 Å². The summed E-state index contributed by atoms with van der Waals surface area (Å²) >= 11 is 0. The molecule has 5 nitrogen and oxygen atoms in total. The van der Waals surface area contributed by atoms with Gasteiger partial charge < -0.3 is 10.6 Å². The van der Waals surface area contributed by atoms with Crippen molar-refractivity contribution in [2.75, 3.05) is 18.8 Å². The van der Waals surface area contributed by atoms with Gasteiger partial charge in [0.25, 0.3) is 5.56 Å². The van der Waals surface area contributed by atoms with Gasteiger partial charge in [-0.25, -0.2) is 5.10 Å². The maximum atomic E-state index is 11.1. The lowest BCUT2D eigenvalue weighted by molar-refractivity contribution is 0.272. The highest BCUT2D eigenvalue weighted by Crippen LogP contribution is 2.26. The van der Waals surface area contributed by atoms with Crippen LogP contribution in [-0.2, 0) is 0 Å². The lowest BCUT2D eigenvalue weighted by Crippen LogP contribution is -2.28. The molecule has 1 aliphatic rings. The Morgan fingerprint density at radius 1 is 1.62 bits per heavy atom. The second-order valence-corrected chi connectivity index (χ2v) is 4.65. The topological polar surface area (TPSA) is 75.0 Å². The van der Waals surface area contributed by atoms with Gasteiger partial charge in [0.15, 0.2) is 0 Å². The zero-order chi connectivity index (χ0) is 11.7. The average Bonchev–Trinajstić information content (AvgIpc) is 2.71. The first kappa shape index (κ1) is 11.1. The van der Waals surface area contributed by atoms with Crippen LogP contribution >= 0.6 is 0 Å².